The van der Waals surface area contributed by atoms with Gasteiger partial charge in [0.2, 0.25) is 5.89 Å². The molecule has 0 radical (unpaired) electrons. The maximum atomic E-state index is 11.0. The maximum Gasteiger partial charge on any atom is 0.338 e. The number of benzene rings is 1. The number of nitrogens with zero attached hydrogens (tertiary/aromatic N) is 2. The van der Waals surface area contributed by atoms with Gasteiger partial charge in [-0.15, -0.1) is 0 Å². The summed E-state index contributed by atoms with van der Waals surface area (Å²) in [6.07, 6.45) is 1.39. The van der Waals surface area contributed by atoms with Gasteiger partial charge in [0, 0.05) is 6.07 Å². The molecule has 0 aliphatic carbocycles. The van der Waals surface area contributed by atoms with Crippen LogP contribution in [0.4, 0.5) is 0 Å². The lowest BCUT2D eigenvalue weighted by Crippen LogP contribution is -1.96. The summed E-state index contributed by atoms with van der Waals surface area (Å²) in [5.41, 5.74) is 1.24. The van der Waals surface area contributed by atoms with E-state index in [1.54, 1.807) is 18.2 Å². The Morgan fingerprint density at radius 1 is 1.29 bits per heavy atom. The fourth-order valence-electron chi connectivity index (χ4n) is 1.55. The van der Waals surface area contributed by atoms with Gasteiger partial charge >= 0.3 is 5.97 Å². The van der Waals surface area contributed by atoms with Crippen LogP contribution in [0.25, 0.3) is 22.7 Å². The van der Waals surface area contributed by atoms with Crippen LogP contribution >= 0.6 is 0 Å². The number of aromatic carboxylic acids is 1. The van der Waals surface area contributed by atoms with E-state index in [0.29, 0.717) is 16.8 Å². The highest BCUT2D eigenvalue weighted by molar-refractivity contribution is 6.00. The van der Waals surface area contributed by atoms with Crippen molar-refractivity contribution >= 4 is 17.1 Å². The fourth-order valence-corrected chi connectivity index (χ4v) is 1.55. The van der Waals surface area contributed by atoms with E-state index in [0.717, 1.165) is 0 Å². The Morgan fingerprint density at radius 2 is 2.18 bits per heavy atom. The minimum atomic E-state index is -1.05. The van der Waals surface area contributed by atoms with Gasteiger partial charge in [-0.1, -0.05) is 11.2 Å². The summed E-state index contributed by atoms with van der Waals surface area (Å²) in [6.45, 7) is 0. The van der Waals surface area contributed by atoms with E-state index in [1.165, 1.54) is 12.3 Å². The number of oxazole rings is 1. The molecule has 1 aromatic carbocycles. The van der Waals surface area contributed by atoms with Crippen molar-refractivity contribution < 1.29 is 18.8 Å². The molecule has 2 heterocycles. The number of carbonyl (C=O) groups is 1. The second-order valence-electron chi connectivity index (χ2n) is 3.36. The molecular weight excluding hydrogens is 224 g/mol. The predicted molar refractivity (Wildman–Crippen MR) is 56.5 cm³/mol. The molecule has 2 aromatic heterocycles. The third-order valence-corrected chi connectivity index (χ3v) is 2.31. The summed E-state index contributed by atoms with van der Waals surface area (Å²) in [5.74, 6) is -0.807. The van der Waals surface area contributed by atoms with Gasteiger partial charge in [-0.05, 0) is 12.1 Å². The number of carboxylic acids is 1. The quantitative estimate of drug-likeness (QED) is 0.725. The van der Waals surface area contributed by atoms with Crippen molar-refractivity contribution in [3.63, 3.8) is 0 Å². The highest BCUT2D eigenvalue weighted by Crippen LogP contribution is 2.25. The van der Waals surface area contributed by atoms with E-state index in [-0.39, 0.29) is 11.5 Å². The Balaban J connectivity index is 2.26. The summed E-state index contributed by atoms with van der Waals surface area (Å²) in [4.78, 5) is 15.1. The van der Waals surface area contributed by atoms with Gasteiger partial charge in [-0.25, -0.2) is 9.78 Å². The van der Waals surface area contributed by atoms with E-state index in [4.69, 9.17) is 9.52 Å². The van der Waals surface area contributed by atoms with E-state index >= 15 is 0 Å². The van der Waals surface area contributed by atoms with Gasteiger partial charge in [0.25, 0.3) is 0 Å². The number of aromatic nitrogens is 2. The van der Waals surface area contributed by atoms with Crippen LogP contribution in [-0.4, -0.2) is 21.2 Å². The van der Waals surface area contributed by atoms with Gasteiger partial charge in [-0.2, -0.15) is 0 Å². The van der Waals surface area contributed by atoms with Crippen LogP contribution < -0.4 is 0 Å². The van der Waals surface area contributed by atoms with Crippen molar-refractivity contribution in [1.29, 1.82) is 0 Å². The van der Waals surface area contributed by atoms with Crippen LogP contribution in [0, 0.1) is 0 Å². The third kappa shape index (κ3) is 1.46. The van der Waals surface area contributed by atoms with Crippen molar-refractivity contribution in [2.24, 2.45) is 0 Å². The largest absolute Gasteiger partial charge is 0.478 e. The normalized spacial score (nSPS) is 10.8. The Hall–Kier alpha value is -2.63. The highest BCUT2D eigenvalue weighted by Gasteiger charge is 2.16. The zero-order valence-corrected chi connectivity index (χ0v) is 8.45. The van der Waals surface area contributed by atoms with Gasteiger partial charge < -0.3 is 14.0 Å². The van der Waals surface area contributed by atoms with Gasteiger partial charge in [-0.3, -0.25) is 0 Å². The first-order chi connectivity index (χ1) is 8.25. The van der Waals surface area contributed by atoms with Crippen LogP contribution in [0.3, 0.4) is 0 Å². The Bertz CT molecular complexity index is 685. The molecule has 1 N–H and O–H groups in total. The lowest BCUT2D eigenvalue weighted by molar-refractivity contribution is 0.0699. The fraction of sp³-hybridized carbons (Fsp3) is 0. The summed E-state index contributed by atoms with van der Waals surface area (Å²) >= 11 is 0. The highest BCUT2D eigenvalue weighted by atomic mass is 16.5. The molecule has 0 saturated heterocycles. The molecule has 0 bridgehead atoms. The molecule has 0 fully saturated rings. The van der Waals surface area contributed by atoms with Crippen LogP contribution in [0.15, 0.2) is 39.5 Å². The van der Waals surface area contributed by atoms with Crippen molar-refractivity contribution in [3.05, 3.63) is 36.1 Å². The molecule has 3 rings (SSSR count). The Kier molecular flexibility index (Phi) is 1.94. The topological polar surface area (TPSA) is 89.4 Å². The minimum absolute atomic E-state index is 0.0981. The number of carboxylic acid groups (broad SMARTS) is 1. The first kappa shape index (κ1) is 9.59. The van der Waals surface area contributed by atoms with E-state index in [9.17, 15) is 4.79 Å². The number of fused-ring (bicyclic) bond motifs is 1. The summed E-state index contributed by atoms with van der Waals surface area (Å²) in [5, 5.41) is 12.7. The number of hydrogen-bond acceptors (Lipinski definition) is 5. The van der Waals surface area contributed by atoms with Crippen LogP contribution in [-0.2, 0) is 0 Å². The van der Waals surface area contributed by atoms with Crippen molar-refractivity contribution in [3.8, 4) is 11.6 Å². The van der Waals surface area contributed by atoms with Crippen LogP contribution in [0.1, 0.15) is 10.4 Å². The summed E-state index contributed by atoms with van der Waals surface area (Å²) in [7, 11) is 0. The number of para-hydroxylation sites is 1. The molecule has 0 saturated carbocycles. The summed E-state index contributed by atoms with van der Waals surface area (Å²) in [6, 6.07) is 6.31. The minimum Gasteiger partial charge on any atom is -0.478 e. The second kappa shape index (κ2) is 3.44. The molecule has 6 nitrogen and oxygen atoms in total. The molecule has 17 heavy (non-hydrogen) atoms. The molecule has 0 aliphatic rings. The molecule has 0 spiro atoms. The lowest BCUT2D eigenvalue weighted by atomic mass is 10.2. The zero-order chi connectivity index (χ0) is 11.8. The molecule has 3 aromatic rings. The molecule has 84 valence electrons. The number of hydrogen-bond donors (Lipinski definition) is 1. The average molecular weight is 230 g/mol. The molecule has 0 aliphatic heterocycles. The Morgan fingerprint density at radius 3 is 2.88 bits per heavy atom. The monoisotopic (exact) mass is 230 g/mol. The van der Waals surface area contributed by atoms with Crippen molar-refractivity contribution in [1.82, 2.24) is 10.1 Å². The van der Waals surface area contributed by atoms with Gasteiger partial charge in [0.15, 0.2) is 11.3 Å². The molecular formula is C11H6N2O4. The first-order valence-corrected chi connectivity index (χ1v) is 4.79. The first-order valence-electron chi connectivity index (χ1n) is 4.79. The molecule has 0 amide bonds. The van der Waals surface area contributed by atoms with Crippen molar-refractivity contribution in [2.75, 3.05) is 0 Å². The van der Waals surface area contributed by atoms with Crippen molar-refractivity contribution in [2.45, 2.75) is 0 Å². The average Bonchev–Trinajstić information content (AvgIpc) is 2.96. The third-order valence-electron chi connectivity index (χ3n) is 2.31. The Labute approximate surface area is 94.5 Å². The lowest BCUT2D eigenvalue weighted by Gasteiger charge is -1.92. The van der Waals surface area contributed by atoms with Crippen LogP contribution in [0.5, 0.6) is 0 Å². The smallest absolute Gasteiger partial charge is 0.338 e. The summed E-state index contributed by atoms with van der Waals surface area (Å²) < 4.78 is 10.1. The van der Waals surface area contributed by atoms with Gasteiger partial charge in [0.1, 0.15) is 11.8 Å². The van der Waals surface area contributed by atoms with Crippen LogP contribution in [0.2, 0.25) is 0 Å². The van der Waals surface area contributed by atoms with E-state index < -0.39 is 5.97 Å². The zero-order valence-electron chi connectivity index (χ0n) is 8.45. The molecule has 0 unspecified atom stereocenters. The number of rotatable bonds is 2. The predicted octanol–water partition coefficient (Wildman–Crippen LogP) is 2.18. The molecule has 0 atom stereocenters. The van der Waals surface area contributed by atoms with E-state index in [2.05, 4.69) is 14.7 Å². The standard InChI is InChI=1S/C11H6N2O4/c14-11(15)6-2-1-3-8-9(6)12-10(17-8)7-4-5-16-13-7/h1-5H,(H,14,15). The second-order valence-corrected chi connectivity index (χ2v) is 3.36. The van der Waals surface area contributed by atoms with Gasteiger partial charge in [0.05, 0.1) is 5.56 Å². The SMILES string of the molecule is O=C(O)c1cccc2oc(-c3ccon3)nc12. The van der Waals surface area contributed by atoms with E-state index in [1.807, 2.05) is 0 Å². The molecule has 6 heteroatoms. The maximum absolute atomic E-state index is 11.0.